The van der Waals surface area contributed by atoms with Crippen LogP contribution >= 0.6 is 0 Å². The minimum absolute atomic E-state index is 0.227. The predicted molar refractivity (Wildman–Crippen MR) is 72.1 cm³/mol. The molecule has 1 aliphatic heterocycles. The van der Waals surface area contributed by atoms with Gasteiger partial charge in [-0.1, -0.05) is 17.7 Å². The number of rotatable bonds is 2. The molecule has 2 rings (SSSR count). The normalized spacial score (nSPS) is 19.0. The number of benzene rings is 1. The van der Waals surface area contributed by atoms with Crippen molar-refractivity contribution >= 4 is 17.7 Å². The number of nitrogens with zero attached hydrogens (tertiary/aromatic N) is 1. The summed E-state index contributed by atoms with van der Waals surface area (Å²) in [6.07, 6.45) is 1.38. The average Bonchev–Trinajstić information content (AvgIpc) is 2.41. The lowest BCUT2D eigenvalue weighted by atomic mass is 9.99. The molecule has 1 aromatic rings. The molecule has 1 aromatic carbocycles. The van der Waals surface area contributed by atoms with Crippen molar-refractivity contribution in [1.82, 2.24) is 4.90 Å². The number of urea groups is 1. The van der Waals surface area contributed by atoms with Gasteiger partial charge in [0.1, 0.15) is 0 Å². The van der Waals surface area contributed by atoms with E-state index in [0.29, 0.717) is 13.0 Å². The van der Waals surface area contributed by atoms with Crippen LogP contribution in [0.2, 0.25) is 0 Å². The molecule has 1 heterocycles. The van der Waals surface area contributed by atoms with Gasteiger partial charge in [-0.2, -0.15) is 0 Å². The van der Waals surface area contributed by atoms with Crippen molar-refractivity contribution in [2.24, 2.45) is 5.92 Å². The van der Waals surface area contributed by atoms with Gasteiger partial charge in [0.05, 0.1) is 5.92 Å². The maximum Gasteiger partial charge on any atom is 0.321 e. The minimum atomic E-state index is -0.826. The van der Waals surface area contributed by atoms with E-state index < -0.39 is 11.9 Å². The van der Waals surface area contributed by atoms with Gasteiger partial charge in [-0.05, 0) is 31.9 Å². The molecule has 2 amide bonds. The van der Waals surface area contributed by atoms with E-state index in [4.69, 9.17) is 5.11 Å². The van der Waals surface area contributed by atoms with E-state index in [1.54, 1.807) is 4.90 Å². The Balaban J connectivity index is 1.96. The lowest BCUT2D eigenvalue weighted by Crippen LogP contribution is -2.44. The molecule has 5 heteroatoms. The van der Waals surface area contributed by atoms with Crippen LogP contribution in [0.1, 0.15) is 18.4 Å². The molecule has 2 N–H and O–H groups in total. The van der Waals surface area contributed by atoms with E-state index in [-0.39, 0.29) is 12.6 Å². The highest BCUT2D eigenvalue weighted by molar-refractivity contribution is 5.89. The zero-order valence-corrected chi connectivity index (χ0v) is 10.9. The summed E-state index contributed by atoms with van der Waals surface area (Å²) in [5.74, 6) is -1.27. The minimum Gasteiger partial charge on any atom is -0.481 e. The third kappa shape index (κ3) is 3.47. The van der Waals surface area contributed by atoms with Crippen LogP contribution < -0.4 is 5.32 Å². The average molecular weight is 262 g/mol. The van der Waals surface area contributed by atoms with E-state index in [1.165, 1.54) is 0 Å². The molecular formula is C14H18N2O3. The van der Waals surface area contributed by atoms with Crippen molar-refractivity contribution < 1.29 is 14.7 Å². The van der Waals surface area contributed by atoms with E-state index in [2.05, 4.69) is 5.32 Å². The summed E-state index contributed by atoms with van der Waals surface area (Å²) in [4.78, 5) is 24.6. The lowest BCUT2D eigenvalue weighted by Gasteiger charge is -2.30. The van der Waals surface area contributed by atoms with Crippen LogP contribution in [0.3, 0.4) is 0 Å². The first kappa shape index (κ1) is 13.4. The number of likely N-dealkylation sites (tertiary alicyclic amines) is 1. The molecule has 5 nitrogen and oxygen atoms in total. The van der Waals surface area contributed by atoms with Gasteiger partial charge in [-0.25, -0.2) is 4.79 Å². The van der Waals surface area contributed by atoms with E-state index in [1.807, 2.05) is 31.2 Å². The number of hydrogen-bond donors (Lipinski definition) is 2. The first-order valence-electron chi connectivity index (χ1n) is 6.41. The van der Waals surface area contributed by atoms with Crippen LogP contribution in [0.5, 0.6) is 0 Å². The number of carbonyl (C=O) groups excluding carboxylic acids is 1. The molecule has 1 atom stereocenters. The molecule has 1 fully saturated rings. The smallest absolute Gasteiger partial charge is 0.321 e. The number of carbonyl (C=O) groups is 2. The van der Waals surface area contributed by atoms with Crippen LogP contribution in [-0.4, -0.2) is 35.1 Å². The first-order chi connectivity index (χ1) is 9.06. The van der Waals surface area contributed by atoms with Crippen molar-refractivity contribution in [3.63, 3.8) is 0 Å². The number of anilines is 1. The quantitative estimate of drug-likeness (QED) is 0.859. The van der Waals surface area contributed by atoms with Crippen molar-refractivity contribution in [3.05, 3.63) is 29.8 Å². The van der Waals surface area contributed by atoms with Gasteiger partial charge in [0.2, 0.25) is 0 Å². The molecule has 0 aliphatic carbocycles. The fourth-order valence-electron chi connectivity index (χ4n) is 2.20. The number of amides is 2. The maximum atomic E-state index is 12.0. The molecular weight excluding hydrogens is 244 g/mol. The highest BCUT2D eigenvalue weighted by atomic mass is 16.4. The molecule has 0 aromatic heterocycles. The Morgan fingerprint density at radius 3 is 2.63 bits per heavy atom. The maximum absolute atomic E-state index is 12.0. The van der Waals surface area contributed by atoms with Crippen molar-refractivity contribution in [3.8, 4) is 0 Å². The van der Waals surface area contributed by atoms with Crippen LogP contribution in [0.4, 0.5) is 10.5 Å². The second-order valence-electron chi connectivity index (χ2n) is 4.92. The van der Waals surface area contributed by atoms with Crippen LogP contribution in [0, 0.1) is 12.8 Å². The van der Waals surface area contributed by atoms with E-state index >= 15 is 0 Å². The molecule has 0 bridgehead atoms. The number of piperidine rings is 1. The first-order valence-corrected chi connectivity index (χ1v) is 6.41. The highest BCUT2D eigenvalue weighted by Gasteiger charge is 2.28. The van der Waals surface area contributed by atoms with Crippen LogP contribution in [0.15, 0.2) is 24.3 Å². The Kier molecular flexibility index (Phi) is 4.04. The monoisotopic (exact) mass is 262 g/mol. The molecule has 0 spiro atoms. The summed E-state index contributed by atoms with van der Waals surface area (Å²) in [7, 11) is 0. The number of aryl methyl sites for hydroxylation is 1. The van der Waals surface area contributed by atoms with E-state index in [0.717, 1.165) is 17.7 Å². The number of carboxylic acids is 1. The lowest BCUT2D eigenvalue weighted by molar-refractivity contribution is -0.143. The Labute approximate surface area is 112 Å². The molecule has 0 unspecified atom stereocenters. The zero-order chi connectivity index (χ0) is 13.8. The second-order valence-corrected chi connectivity index (χ2v) is 4.92. The second kappa shape index (κ2) is 5.73. The third-order valence-electron chi connectivity index (χ3n) is 3.36. The largest absolute Gasteiger partial charge is 0.481 e. The van der Waals surface area contributed by atoms with E-state index in [9.17, 15) is 9.59 Å². The fraction of sp³-hybridized carbons (Fsp3) is 0.429. The predicted octanol–water partition coefficient (Wildman–Crippen LogP) is 2.32. The van der Waals surface area contributed by atoms with Gasteiger partial charge >= 0.3 is 12.0 Å². The van der Waals surface area contributed by atoms with Crippen LogP contribution in [-0.2, 0) is 4.79 Å². The van der Waals surface area contributed by atoms with Gasteiger partial charge in [0.25, 0.3) is 0 Å². The summed E-state index contributed by atoms with van der Waals surface area (Å²) in [6, 6.07) is 7.30. The summed E-state index contributed by atoms with van der Waals surface area (Å²) < 4.78 is 0. The number of nitrogens with one attached hydrogen (secondary N) is 1. The summed E-state index contributed by atoms with van der Waals surface area (Å²) in [5.41, 5.74) is 1.86. The Morgan fingerprint density at radius 2 is 2.00 bits per heavy atom. The van der Waals surface area contributed by atoms with Crippen molar-refractivity contribution in [1.29, 1.82) is 0 Å². The molecule has 1 saturated heterocycles. The highest BCUT2D eigenvalue weighted by Crippen LogP contribution is 2.18. The van der Waals surface area contributed by atoms with Gasteiger partial charge in [-0.15, -0.1) is 0 Å². The Bertz CT molecular complexity index is 470. The topological polar surface area (TPSA) is 69.6 Å². The van der Waals surface area contributed by atoms with Crippen molar-refractivity contribution in [2.75, 3.05) is 18.4 Å². The third-order valence-corrected chi connectivity index (χ3v) is 3.36. The standard InChI is InChI=1S/C14H18N2O3/c1-10-4-6-12(7-5-10)15-14(19)16-8-2-3-11(9-16)13(17)18/h4-7,11H,2-3,8-9H2,1H3,(H,15,19)(H,17,18)/t11-/m1/s1. The molecule has 0 radical (unpaired) electrons. The van der Waals surface area contributed by atoms with Crippen LogP contribution in [0.25, 0.3) is 0 Å². The Hall–Kier alpha value is -2.04. The number of aliphatic carboxylic acids is 1. The zero-order valence-electron chi connectivity index (χ0n) is 10.9. The summed E-state index contributed by atoms with van der Waals surface area (Å²) in [5, 5.41) is 11.8. The molecule has 19 heavy (non-hydrogen) atoms. The van der Waals surface area contributed by atoms with Gasteiger partial charge in [0.15, 0.2) is 0 Å². The number of hydrogen-bond acceptors (Lipinski definition) is 2. The van der Waals surface area contributed by atoms with Gasteiger partial charge < -0.3 is 15.3 Å². The fourth-order valence-corrected chi connectivity index (χ4v) is 2.20. The summed E-state index contributed by atoms with van der Waals surface area (Å²) >= 11 is 0. The number of carboxylic acid groups (broad SMARTS) is 1. The van der Waals surface area contributed by atoms with Gasteiger partial charge in [-0.3, -0.25) is 4.79 Å². The molecule has 102 valence electrons. The van der Waals surface area contributed by atoms with Gasteiger partial charge in [0, 0.05) is 18.8 Å². The molecule has 1 aliphatic rings. The SMILES string of the molecule is Cc1ccc(NC(=O)N2CCC[C@@H](C(=O)O)C2)cc1. The Morgan fingerprint density at radius 1 is 1.32 bits per heavy atom. The summed E-state index contributed by atoms with van der Waals surface area (Å²) in [6.45, 7) is 2.88. The van der Waals surface area contributed by atoms with Crippen molar-refractivity contribution in [2.45, 2.75) is 19.8 Å². The molecule has 0 saturated carbocycles.